The number of piperidine rings is 1. The fourth-order valence-corrected chi connectivity index (χ4v) is 3.38. The highest BCUT2D eigenvalue weighted by molar-refractivity contribution is 7.81. The van der Waals surface area contributed by atoms with Gasteiger partial charge in [0, 0.05) is 18.8 Å². The summed E-state index contributed by atoms with van der Waals surface area (Å²) in [5, 5.41) is 3.04. The smallest absolute Gasteiger partial charge is 0.264 e. The van der Waals surface area contributed by atoms with Gasteiger partial charge in [-0.2, -0.15) is 4.98 Å². The van der Waals surface area contributed by atoms with Crippen LogP contribution in [0.4, 0.5) is 17.5 Å². The predicted octanol–water partition coefficient (Wildman–Crippen LogP) is 2.77. The molecule has 1 aliphatic rings. The van der Waals surface area contributed by atoms with E-state index in [2.05, 4.69) is 27.1 Å². The van der Waals surface area contributed by atoms with Gasteiger partial charge in [-0.1, -0.05) is 19.1 Å². The number of H-pyrrole nitrogens is 1. The van der Waals surface area contributed by atoms with Crippen molar-refractivity contribution < 1.29 is 4.74 Å². The van der Waals surface area contributed by atoms with E-state index in [1.54, 1.807) is 0 Å². The Morgan fingerprint density at radius 1 is 1.37 bits per heavy atom. The maximum atomic E-state index is 12.6. The van der Waals surface area contributed by atoms with Gasteiger partial charge in [0.05, 0.1) is 6.61 Å². The maximum Gasteiger partial charge on any atom is 0.264 e. The highest BCUT2D eigenvalue weighted by Gasteiger charge is 2.21. The third-order valence-electron chi connectivity index (χ3n) is 4.67. The first-order chi connectivity index (χ1) is 13.0. The summed E-state index contributed by atoms with van der Waals surface area (Å²) in [4.78, 5) is 22.1. The molecule has 0 amide bonds. The average Bonchev–Trinajstić information content (AvgIpc) is 2.63. The number of hydrogen-bond donors (Lipinski definition) is 3. The summed E-state index contributed by atoms with van der Waals surface area (Å²) in [6.45, 7) is 6.48. The number of aromatic nitrogens is 2. The average molecular weight is 388 g/mol. The lowest BCUT2D eigenvalue weighted by Crippen LogP contribution is -2.36. The van der Waals surface area contributed by atoms with Gasteiger partial charge in [0.25, 0.3) is 5.56 Å². The van der Waals surface area contributed by atoms with Gasteiger partial charge < -0.3 is 20.7 Å². The molecule has 1 aromatic heterocycles. The second-order valence-electron chi connectivity index (χ2n) is 6.73. The van der Waals surface area contributed by atoms with Crippen molar-refractivity contribution in [3.8, 4) is 5.75 Å². The summed E-state index contributed by atoms with van der Waals surface area (Å²) in [5.74, 6) is 2.11. The normalized spacial score (nSPS) is 14.8. The monoisotopic (exact) mass is 387 g/mol. The summed E-state index contributed by atoms with van der Waals surface area (Å²) < 4.78 is 5.42. The second kappa shape index (κ2) is 8.39. The largest absolute Gasteiger partial charge is 0.494 e. The van der Waals surface area contributed by atoms with E-state index in [1.807, 2.05) is 31.2 Å². The molecule has 27 heavy (non-hydrogen) atoms. The summed E-state index contributed by atoms with van der Waals surface area (Å²) in [5.41, 5.74) is 6.67. The highest BCUT2D eigenvalue weighted by Crippen LogP contribution is 2.21. The molecular formula is C19H25N5O2S. The number of aromatic amines is 1. The van der Waals surface area contributed by atoms with Crippen LogP contribution in [0.3, 0.4) is 0 Å². The van der Waals surface area contributed by atoms with Gasteiger partial charge in [0.15, 0.2) is 0 Å². The van der Waals surface area contributed by atoms with Crippen molar-refractivity contribution in [3.63, 3.8) is 0 Å². The molecule has 0 saturated carbocycles. The van der Waals surface area contributed by atoms with Crippen molar-refractivity contribution in [2.24, 2.45) is 5.92 Å². The Morgan fingerprint density at radius 3 is 2.63 bits per heavy atom. The fraction of sp³-hybridized carbons (Fsp3) is 0.421. The lowest BCUT2D eigenvalue weighted by atomic mass is 10.00. The first-order valence-corrected chi connectivity index (χ1v) is 9.57. The molecule has 8 heteroatoms. The van der Waals surface area contributed by atoms with Gasteiger partial charge in [-0.25, -0.2) is 0 Å². The number of anilines is 3. The molecule has 3 rings (SSSR count). The quantitative estimate of drug-likeness (QED) is 0.679. The fourth-order valence-electron chi connectivity index (χ4n) is 3.06. The minimum absolute atomic E-state index is 0.135. The molecule has 0 unspecified atom stereocenters. The zero-order chi connectivity index (χ0) is 19.4. The van der Waals surface area contributed by atoms with Crippen molar-refractivity contribution in [3.05, 3.63) is 40.2 Å². The zero-order valence-corrected chi connectivity index (χ0v) is 16.4. The Bertz CT molecular complexity index is 857. The van der Waals surface area contributed by atoms with Crippen molar-refractivity contribution in [1.82, 2.24) is 9.97 Å². The van der Waals surface area contributed by atoms with Crippen LogP contribution in [0, 0.1) is 5.92 Å². The maximum absolute atomic E-state index is 12.6. The molecule has 1 aliphatic heterocycles. The van der Waals surface area contributed by atoms with Crippen LogP contribution >= 0.6 is 12.2 Å². The molecule has 0 aliphatic carbocycles. The van der Waals surface area contributed by atoms with Crippen LogP contribution in [0.5, 0.6) is 5.75 Å². The van der Waals surface area contributed by atoms with Crippen LogP contribution in [0.2, 0.25) is 0 Å². The van der Waals surface area contributed by atoms with Crippen LogP contribution in [-0.4, -0.2) is 34.7 Å². The molecule has 1 aromatic carbocycles. The van der Waals surface area contributed by atoms with Gasteiger partial charge in [0.1, 0.15) is 22.1 Å². The molecule has 2 aromatic rings. The van der Waals surface area contributed by atoms with Gasteiger partial charge in [0.2, 0.25) is 5.95 Å². The molecule has 144 valence electrons. The van der Waals surface area contributed by atoms with E-state index in [0.29, 0.717) is 18.5 Å². The summed E-state index contributed by atoms with van der Waals surface area (Å²) in [7, 11) is 0. The number of nitrogen functional groups attached to an aromatic ring is 1. The summed E-state index contributed by atoms with van der Waals surface area (Å²) in [6, 6.07) is 7.33. The van der Waals surface area contributed by atoms with E-state index in [1.165, 1.54) is 0 Å². The Labute approximate surface area is 163 Å². The van der Waals surface area contributed by atoms with Gasteiger partial charge in [-0.15, -0.1) is 0 Å². The Morgan fingerprint density at radius 2 is 2.04 bits per heavy atom. The minimum Gasteiger partial charge on any atom is -0.494 e. The van der Waals surface area contributed by atoms with Crippen molar-refractivity contribution in [1.29, 1.82) is 0 Å². The van der Waals surface area contributed by atoms with E-state index in [9.17, 15) is 4.79 Å². The molecule has 7 nitrogen and oxygen atoms in total. The van der Waals surface area contributed by atoms with Crippen LogP contribution in [0.25, 0.3) is 0 Å². The molecular weight excluding hydrogens is 362 g/mol. The van der Waals surface area contributed by atoms with Gasteiger partial charge in [-0.3, -0.25) is 9.78 Å². The molecule has 0 bridgehead atoms. The number of rotatable bonds is 5. The Balaban J connectivity index is 1.75. The standard InChI is InChI=1S/C19H25N5O2S/c1-3-26-14-6-4-13(5-7-14)21-18(27)15-16(20)22-19(23-17(15)25)24-10-8-12(2)9-11-24/h4-7,12H,3,8-11H2,1-2H3,(H,21,27)(H3,20,22,23,25). The number of thiocarbonyl (C=S) groups is 1. The van der Waals surface area contributed by atoms with Crippen LogP contribution < -0.4 is 26.2 Å². The van der Waals surface area contributed by atoms with Crippen LogP contribution in [0.1, 0.15) is 32.3 Å². The number of nitrogens with one attached hydrogen (secondary N) is 2. The lowest BCUT2D eigenvalue weighted by Gasteiger charge is -2.30. The van der Waals surface area contributed by atoms with Crippen LogP contribution in [-0.2, 0) is 0 Å². The topological polar surface area (TPSA) is 96.3 Å². The van der Waals surface area contributed by atoms with Crippen LogP contribution in [0.15, 0.2) is 29.1 Å². The van der Waals surface area contributed by atoms with Gasteiger partial charge >= 0.3 is 0 Å². The van der Waals surface area contributed by atoms with Crippen molar-refractivity contribution >= 4 is 34.7 Å². The van der Waals surface area contributed by atoms with Crippen molar-refractivity contribution in [2.45, 2.75) is 26.7 Å². The highest BCUT2D eigenvalue weighted by atomic mass is 32.1. The molecule has 1 fully saturated rings. The molecule has 2 heterocycles. The number of nitrogens with two attached hydrogens (primary N) is 1. The molecule has 0 atom stereocenters. The minimum atomic E-state index is -0.334. The van der Waals surface area contributed by atoms with Gasteiger partial charge in [-0.05, 0) is 49.9 Å². The molecule has 0 radical (unpaired) electrons. The predicted molar refractivity (Wildman–Crippen MR) is 113 cm³/mol. The number of ether oxygens (including phenoxy) is 1. The molecule has 0 spiro atoms. The zero-order valence-electron chi connectivity index (χ0n) is 15.6. The molecule has 1 saturated heterocycles. The summed E-state index contributed by atoms with van der Waals surface area (Å²) in [6.07, 6.45) is 2.14. The third kappa shape index (κ3) is 4.57. The lowest BCUT2D eigenvalue weighted by molar-refractivity contribution is 0.340. The summed E-state index contributed by atoms with van der Waals surface area (Å²) >= 11 is 5.38. The SMILES string of the molecule is CCOc1ccc(NC(=S)c2c(N)nc(N3CCC(C)CC3)[nH]c2=O)cc1. The van der Waals surface area contributed by atoms with E-state index < -0.39 is 0 Å². The van der Waals surface area contributed by atoms with E-state index >= 15 is 0 Å². The third-order valence-corrected chi connectivity index (χ3v) is 4.97. The first kappa shape index (κ1) is 19.2. The second-order valence-corrected chi connectivity index (χ2v) is 7.14. The van der Waals surface area contributed by atoms with E-state index in [-0.39, 0.29) is 21.9 Å². The van der Waals surface area contributed by atoms with E-state index in [0.717, 1.165) is 37.4 Å². The van der Waals surface area contributed by atoms with Crippen molar-refractivity contribution in [2.75, 3.05) is 35.6 Å². The van der Waals surface area contributed by atoms with E-state index in [4.69, 9.17) is 22.7 Å². The Hall–Kier alpha value is -2.61. The molecule has 4 N–H and O–H groups in total. The number of hydrogen-bond acceptors (Lipinski definition) is 6. The Kier molecular flexibility index (Phi) is 5.95. The number of nitrogens with zero attached hydrogens (tertiary/aromatic N) is 2. The number of benzene rings is 1. The first-order valence-electron chi connectivity index (χ1n) is 9.17.